The van der Waals surface area contributed by atoms with Crippen LogP contribution in [0.2, 0.25) is 0 Å². The molecule has 0 saturated heterocycles. The molecule has 0 radical (unpaired) electrons. The average Bonchev–Trinajstić information content (AvgIpc) is 2.18. The van der Waals surface area contributed by atoms with Gasteiger partial charge in [0.15, 0.2) is 0 Å². The Morgan fingerprint density at radius 1 is 1.53 bits per heavy atom. The highest BCUT2D eigenvalue weighted by Gasteiger charge is 2.05. The number of benzene rings is 1. The maximum atomic E-state index is 11.2. The number of ether oxygens (including phenoxy) is 1. The van der Waals surface area contributed by atoms with E-state index in [2.05, 4.69) is 11.6 Å². The van der Waals surface area contributed by atoms with E-state index < -0.39 is 5.97 Å². The Bertz CT molecular complexity index is 445. The third-order valence-electron chi connectivity index (χ3n) is 1.55. The zero-order valence-electron chi connectivity index (χ0n) is 8.19. The summed E-state index contributed by atoms with van der Waals surface area (Å²) in [6.07, 6.45) is 1.40. The Morgan fingerprint density at radius 2 is 2.27 bits per heavy atom. The van der Waals surface area contributed by atoms with Crippen molar-refractivity contribution in [3.8, 4) is 5.75 Å². The Morgan fingerprint density at radius 3 is 2.87 bits per heavy atom. The minimum Gasteiger partial charge on any atom is -0.423 e. The first kappa shape index (κ1) is 10.9. The molecule has 1 aromatic carbocycles. The monoisotopic (exact) mass is 203 g/mol. The maximum absolute atomic E-state index is 11.2. The molecule has 0 aromatic heterocycles. The maximum Gasteiger partial charge on any atom is 0.338 e. The van der Waals surface area contributed by atoms with Gasteiger partial charge in [0.25, 0.3) is 0 Å². The number of carbonyl (C=O) groups excluding carboxylic acids is 2. The molecule has 1 aromatic rings. The largest absolute Gasteiger partial charge is 0.423 e. The number of rotatable bonds is 3. The lowest BCUT2D eigenvalue weighted by molar-refractivity contribution is -0.130. The van der Waals surface area contributed by atoms with E-state index in [0.717, 1.165) is 0 Å². The fraction of sp³-hybridized carbons (Fsp3) is 0.0909. The van der Waals surface area contributed by atoms with Crippen molar-refractivity contribution in [2.75, 3.05) is 0 Å². The summed E-state index contributed by atoms with van der Waals surface area (Å²) in [5.41, 5.74) is 0.691. The van der Waals surface area contributed by atoms with Gasteiger partial charge in [-0.15, -0.1) is 0 Å². The van der Waals surface area contributed by atoms with E-state index in [-0.39, 0.29) is 0 Å². The van der Waals surface area contributed by atoms with Crippen LogP contribution in [-0.4, -0.2) is 12.0 Å². The van der Waals surface area contributed by atoms with Crippen LogP contribution < -0.4 is 4.74 Å². The van der Waals surface area contributed by atoms with Crippen molar-refractivity contribution < 1.29 is 14.3 Å². The van der Waals surface area contributed by atoms with Gasteiger partial charge in [-0.05, 0) is 19.1 Å². The van der Waals surface area contributed by atoms with Crippen LogP contribution in [-0.2, 0) is 9.59 Å². The summed E-state index contributed by atoms with van der Waals surface area (Å²) in [6.45, 7) is 5.00. The molecular formula is C11H9NO3. The second-order valence-electron chi connectivity index (χ2n) is 2.87. The first-order valence-corrected chi connectivity index (χ1v) is 4.19. The molecule has 0 bridgehead atoms. The smallest absolute Gasteiger partial charge is 0.338 e. The quantitative estimate of drug-likeness (QED) is 0.248. The van der Waals surface area contributed by atoms with E-state index in [1.165, 1.54) is 12.1 Å². The lowest BCUT2D eigenvalue weighted by Gasteiger charge is -2.03. The second kappa shape index (κ2) is 4.88. The molecule has 0 spiro atoms. The van der Waals surface area contributed by atoms with Crippen molar-refractivity contribution in [1.82, 2.24) is 0 Å². The van der Waals surface area contributed by atoms with E-state index >= 15 is 0 Å². The van der Waals surface area contributed by atoms with Crippen LogP contribution in [0.15, 0.2) is 41.4 Å². The minimum atomic E-state index is -0.512. The summed E-state index contributed by atoms with van der Waals surface area (Å²) >= 11 is 0. The third kappa shape index (κ3) is 3.21. The summed E-state index contributed by atoms with van der Waals surface area (Å²) in [5, 5.41) is 0. The van der Waals surface area contributed by atoms with Crippen molar-refractivity contribution in [2.45, 2.75) is 6.92 Å². The molecule has 0 atom stereocenters. The van der Waals surface area contributed by atoms with E-state index in [1.807, 2.05) is 0 Å². The average molecular weight is 203 g/mol. The van der Waals surface area contributed by atoms with Gasteiger partial charge in [-0.25, -0.2) is 9.59 Å². The number of hydrogen-bond acceptors (Lipinski definition) is 4. The first-order chi connectivity index (χ1) is 7.13. The van der Waals surface area contributed by atoms with Crippen molar-refractivity contribution in [3.05, 3.63) is 36.4 Å². The predicted octanol–water partition coefficient (Wildman–Crippen LogP) is 2.14. The van der Waals surface area contributed by atoms with E-state index in [1.54, 1.807) is 25.1 Å². The molecule has 0 fully saturated rings. The van der Waals surface area contributed by atoms with Crippen LogP contribution >= 0.6 is 0 Å². The molecule has 0 amide bonds. The highest BCUT2D eigenvalue weighted by molar-refractivity contribution is 5.88. The topological polar surface area (TPSA) is 55.7 Å². The molecule has 0 aliphatic carbocycles. The Balaban J connectivity index is 2.86. The van der Waals surface area contributed by atoms with Crippen molar-refractivity contribution in [3.63, 3.8) is 0 Å². The molecule has 4 heteroatoms. The van der Waals surface area contributed by atoms with Gasteiger partial charge in [0.05, 0.1) is 5.69 Å². The van der Waals surface area contributed by atoms with Crippen LogP contribution in [0, 0.1) is 0 Å². The Kier molecular flexibility index (Phi) is 3.55. The predicted molar refractivity (Wildman–Crippen MR) is 54.7 cm³/mol. The zero-order valence-corrected chi connectivity index (χ0v) is 8.19. The summed E-state index contributed by atoms with van der Waals surface area (Å²) < 4.78 is 4.93. The lowest BCUT2D eigenvalue weighted by atomic mass is 10.3. The van der Waals surface area contributed by atoms with Crippen LogP contribution in [0.5, 0.6) is 5.75 Å². The molecule has 15 heavy (non-hydrogen) atoms. The number of aliphatic imine (C=N–C) groups is 1. The molecule has 1 rings (SSSR count). The van der Waals surface area contributed by atoms with Crippen molar-refractivity contribution in [1.29, 1.82) is 0 Å². The normalized spacial score (nSPS) is 8.87. The molecule has 0 unspecified atom stereocenters. The molecule has 4 nitrogen and oxygen atoms in total. The molecule has 76 valence electrons. The second-order valence-corrected chi connectivity index (χ2v) is 2.87. The molecule has 0 heterocycles. The standard InChI is InChI=1S/C11H9NO3/c1-8(2)11(14)15-10-5-3-4-9(6-10)12-7-13/h3-6H,1H2,2H3. The van der Waals surface area contributed by atoms with Gasteiger partial charge in [-0.1, -0.05) is 12.6 Å². The van der Waals surface area contributed by atoms with Gasteiger partial charge >= 0.3 is 5.97 Å². The molecular weight excluding hydrogens is 194 g/mol. The van der Waals surface area contributed by atoms with E-state index in [4.69, 9.17) is 4.74 Å². The molecule has 0 aliphatic heterocycles. The van der Waals surface area contributed by atoms with Gasteiger partial charge in [-0.2, -0.15) is 4.99 Å². The lowest BCUT2D eigenvalue weighted by Crippen LogP contribution is -2.07. The summed E-state index contributed by atoms with van der Waals surface area (Å²) in [7, 11) is 0. The number of esters is 1. The van der Waals surface area contributed by atoms with Crippen LogP contribution in [0.3, 0.4) is 0 Å². The summed E-state index contributed by atoms with van der Waals surface area (Å²) in [6, 6.07) is 6.27. The van der Waals surface area contributed by atoms with Crippen molar-refractivity contribution >= 4 is 17.7 Å². The fourth-order valence-corrected chi connectivity index (χ4v) is 0.863. The van der Waals surface area contributed by atoms with E-state index in [0.29, 0.717) is 17.0 Å². The number of hydrogen-bond donors (Lipinski definition) is 0. The van der Waals surface area contributed by atoms with Crippen LogP contribution in [0.4, 0.5) is 5.69 Å². The SMILES string of the molecule is C=C(C)C(=O)Oc1cccc(N=C=O)c1. The number of carbonyl (C=O) groups is 1. The Hall–Kier alpha value is -2.19. The summed E-state index contributed by atoms with van der Waals surface area (Å²) in [5.74, 6) is -0.193. The fourth-order valence-electron chi connectivity index (χ4n) is 0.863. The van der Waals surface area contributed by atoms with Crippen molar-refractivity contribution in [2.24, 2.45) is 4.99 Å². The molecule has 0 saturated carbocycles. The number of nitrogens with zero attached hydrogens (tertiary/aromatic N) is 1. The van der Waals surface area contributed by atoms with Gasteiger partial charge in [0.1, 0.15) is 5.75 Å². The minimum absolute atomic E-state index is 0.305. The first-order valence-electron chi connectivity index (χ1n) is 4.19. The third-order valence-corrected chi connectivity index (χ3v) is 1.55. The highest BCUT2D eigenvalue weighted by atomic mass is 16.5. The molecule has 0 N–H and O–H groups in total. The summed E-state index contributed by atoms with van der Waals surface area (Å²) in [4.78, 5) is 24.6. The Labute approximate surface area is 86.9 Å². The van der Waals surface area contributed by atoms with Gasteiger partial charge < -0.3 is 4.74 Å². The van der Waals surface area contributed by atoms with Gasteiger partial charge in [-0.3, -0.25) is 0 Å². The van der Waals surface area contributed by atoms with Crippen LogP contribution in [0.25, 0.3) is 0 Å². The highest BCUT2D eigenvalue weighted by Crippen LogP contribution is 2.19. The molecule has 0 aliphatic rings. The van der Waals surface area contributed by atoms with Gasteiger partial charge in [0.2, 0.25) is 6.08 Å². The number of isocyanates is 1. The van der Waals surface area contributed by atoms with Gasteiger partial charge in [0, 0.05) is 11.6 Å². The van der Waals surface area contributed by atoms with E-state index in [9.17, 15) is 9.59 Å². The van der Waals surface area contributed by atoms with Crippen LogP contribution in [0.1, 0.15) is 6.92 Å². The zero-order chi connectivity index (χ0) is 11.3.